The summed E-state index contributed by atoms with van der Waals surface area (Å²) in [6.45, 7) is 6.70. The Bertz CT molecular complexity index is 952. The number of nitrogens with one attached hydrogen (secondary N) is 1. The minimum atomic E-state index is 0.156. The number of carbonyl (C=O) groups excluding carboxylic acids is 1. The van der Waals surface area contributed by atoms with Crippen LogP contribution >= 0.6 is 0 Å². The minimum Gasteiger partial charge on any atom is -0.329 e. The molecule has 3 aliphatic rings. The molecule has 2 aliphatic heterocycles. The van der Waals surface area contributed by atoms with Crippen molar-refractivity contribution in [2.75, 3.05) is 0 Å². The fourth-order valence-electron chi connectivity index (χ4n) is 6.53. The molecule has 31 heavy (non-hydrogen) atoms. The van der Waals surface area contributed by atoms with Crippen molar-refractivity contribution >= 4 is 5.91 Å². The Morgan fingerprint density at radius 2 is 1.97 bits per heavy atom. The highest BCUT2D eigenvalue weighted by molar-refractivity contribution is 5.93. The molecule has 2 bridgehead atoms. The van der Waals surface area contributed by atoms with E-state index in [1.807, 2.05) is 13.1 Å². The van der Waals surface area contributed by atoms with Crippen molar-refractivity contribution in [3.63, 3.8) is 0 Å². The summed E-state index contributed by atoms with van der Waals surface area (Å²) < 4.78 is 1.80. The molecule has 3 heterocycles. The highest BCUT2D eigenvalue weighted by atomic mass is 16.2. The lowest BCUT2D eigenvalue weighted by molar-refractivity contribution is 0.0600. The molecule has 1 amide bonds. The zero-order valence-corrected chi connectivity index (χ0v) is 19.3. The van der Waals surface area contributed by atoms with E-state index in [1.54, 1.807) is 4.68 Å². The van der Waals surface area contributed by atoms with Gasteiger partial charge in [0.05, 0.1) is 5.69 Å². The molecule has 166 valence electrons. The van der Waals surface area contributed by atoms with Gasteiger partial charge >= 0.3 is 0 Å². The second-order valence-electron chi connectivity index (χ2n) is 10.5. The standard InChI is InChI=1S/C26H36N4O/c1-17(2)19-15-21(29(4)28-19)25(31)30-22-16-26(3)23(12-8-9-13-24(26)30)27-20(22)14-18-10-6-5-7-11-18/h5-7,10-11,15,17,20,22-24,27H,8-9,12-14,16H2,1-4H3/t20-,22+,23-,24+,26-/m1/s1. The molecule has 5 atom stereocenters. The first kappa shape index (κ1) is 20.7. The summed E-state index contributed by atoms with van der Waals surface area (Å²) in [4.78, 5) is 16.3. The number of hydrogen-bond acceptors (Lipinski definition) is 3. The molecule has 0 spiro atoms. The van der Waals surface area contributed by atoms with Gasteiger partial charge in [0.15, 0.2) is 0 Å². The summed E-state index contributed by atoms with van der Waals surface area (Å²) in [7, 11) is 1.92. The SMILES string of the molecule is CC(C)c1cc(C(=O)N2[C@H]3CCCC[C@H]4N[C@H](Cc5ccccc5)[C@@H]2C[C@@]34C)n(C)n1. The molecule has 2 aromatic rings. The van der Waals surface area contributed by atoms with Gasteiger partial charge in [-0.05, 0) is 43.2 Å². The van der Waals surface area contributed by atoms with Gasteiger partial charge in [-0.2, -0.15) is 5.10 Å². The number of amides is 1. The van der Waals surface area contributed by atoms with Crippen LogP contribution in [0.3, 0.4) is 0 Å². The Labute approximate surface area is 186 Å². The number of fused-ring (bicyclic) bond motifs is 1. The van der Waals surface area contributed by atoms with Crippen molar-refractivity contribution in [1.29, 1.82) is 0 Å². The normalized spacial score (nSPS) is 32.4. The Kier molecular flexibility index (Phi) is 5.20. The third-order valence-electron chi connectivity index (χ3n) is 8.24. The van der Waals surface area contributed by atoms with Crippen LogP contribution in [0.5, 0.6) is 0 Å². The highest BCUT2D eigenvalue weighted by Gasteiger charge is 2.60. The number of hydrogen-bond donors (Lipinski definition) is 1. The van der Waals surface area contributed by atoms with E-state index in [9.17, 15) is 4.79 Å². The van der Waals surface area contributed by atoms with E-state index in [2.05, 4.69) is 66.4 Å². The van der Waals surface area contributed by atoms with Gasteiger partial charge < -0.3 is 10.2 Å². The number of benzene rings is 1. The summed E-state index contributed by atoms with van der Waals surface area (Å²) in [5.41, 5.74) is 3.23. The number of likely N-dealkylation sites (tertiary alicyclic amines) is 1. The van der Waals surface area contributed by atoms with Crippen LogP contribution in [-0.4, -0.2) is 44.8 Å². The Morgan fingerprint density at radius 1 is 1.23 bits per heavy atom. The van der Waals surface area contributed by atoms with Crippen LogP contribution < -0.4 is 5.32 Å². The van der Waals surface area contributed by atoms with Crippen LogP contribution in [0.25, 0.3) is 0 Å². The Morgan fingerprint density at radius 3 is 2.68 bits per heavy atom. The van der Waals surface area contributed by atoms with E-state index >= 15 is 0 Å². The zero-order chi connectivity index (χ0) is 21.8. The molecule has 1 saturated carbocycles. The fraction of sp³-hybridized carbons (Fsp3) is 0.615. The van der Waals surface area contributed by atoms with Crippen LogP contribution in [0.1, 0.15) is 80.5 Å². The largest absolute Gasteiger partial charge is 0.329 e. The average molecular weight is 421 g/mol. The zero-order valence-electron chi connectivity index (χ0n) is 19.3. The maximum atomic E-state index is 14.0. The maximum absolute atomic E-state index is 14.0. The van der Waals surface area contributed by atoms with Crippen LogP contribution in [0.4, 0.5) is 0 Å². The molecule has 5 heteroatoms. The van der Waals surface area contributed by atoms with Gasteiger partial charge in [0, 0.05) is 36.6 Å². The summed E-state index contributed by atoms with van der Waals surface area (Å²) in [6, 6.07) is 14.1. The van der Waals surface area contributed by atoms with E-state index in [-0.39, 0.29) is 17.4 Å². The average Bonchev–Trinajstić information content (AvgIpc) is 3.20. The van der Waals surface area contributed by atoms with Crippen molar-refractivity contribution < 1.29 is 4.79 Å². The lowest BCUT2D eigenvalue weighted by Gasteiger charge is -2.43. The van der Waals surface area contributed by atoms with Crippen LogP contribution in [0.15, 0.2) is 36.4 Å². The summed E-state index contributed by atoms with van der Waals surface area (Å²) >= 11 is 0. The number of aromatic nitrogens is 2. The smallest absolute Gasteiger partial charge is 0.272 e. The first-order valence-corrected chi connectivity index (χ1v) is 12.0. The maximum Gasteiger partial charge on any atom is 0.272 e. The lowest BCUT2D eigenvalue weighted by Crippen LogP contribution is -2.57. The second kappa shape index (κ2) is 7.77. The first-order chi connectivity index (χ1) is 14.9. The predicted molar refractivity (Wildman–Crippen MR) is 123 cm³/mol. The molecule has 1 aliphatic carbocycles. The molecule has 1 aromatic carbocycles. The van der Waals surface area contributed by atoms with E-state index < -0.39 is 0 Å². The summed E-state index contributed by atoms with van der Waals surface area (Å²) in [5, 5.41) is 8.68. The lowest BCUT2D eigenvalue weighted by atomic mass is 9.70. The van der Waals surface area contributed by atoms with Crippen molar-refractivity contribution in [3.05, 3.63) is 53.3 Å². The van der Waals surface area contributed by atoms with Crippen molar-refractivity contribution in [2.45, 2.75) is 89.4 Å². The Balaban J connectivity index is 1.52. The third kappa shape index (κ3) is 3.42. The van der Waals surface area contributed by atoms with Crippen LogP contribution in [0, 0.1) is 5.41 Å². The van der Waals surface area contributed by atoms with E-state index in [0.717, 1.165) is 30.7 Å². The molecular weight excluding hydrogens is 384 g/mol. The monoisotopic (exact) mass is 420 g/mol. The number of piperidine rings is 1. The highest BCUT2D eigenvalue weighted by Crippen LogP contribution is 2.52. The molecule has 0 radical (unpaired) electrons. The first-order valence-electron chi connectivity index (χ1n) is 12.0. The third-order valence-corrected chi connectivity index (χ3v) is 8.24. The van der Waals surface area contributed by atoms with Crippen LogP contribution in [-0.2, 0) is 13.5 Å². The molecular formula is C26H36N4O. The molecule has 1 N–H and O–H groups in total. The minimum absolute atomic E-state index is 0.156. The van der Waals surface area contributed by atoms with E-state index in [0.29, 0.717) is 24.0 Å². The molecule has 5 rings (SSSR count). The molecule has 3 fully saturated rings. The second-order valence-corrected chi connectivity index (χ2v) is 10.5. The number of nitrogens with zero attached hydrogens (tertiary/aromatic N) is 3. The van der Waals surface area contributed by atoms with E-state index in [4.69, 9.17) is 0 Å². The molecule has 1 aromatic heterocycles. The predicted octanol–water partition coefficient (Wildman–Crippen LogP) is 4.29. The van der Waals surface area contributed by atoms with Gasteiger partial charge in [0.1, 0.15) is 5.69 Å². The van der Waals surface area contributed by atoms with Gasteiger partial charge in [0.2, 0.25) is 0 Å². The summed E-state index contributed by atoms with van der Waals surface area (Å²) in [6.07, 6.45) is 6.86. The number of carbonyl (C=O) groups is 1. The van der Waals surface area contributed by atoms with Crippen molar-refractivity contribution in [2.24, 2.45) is 12.5 Å². The van der Waals surface area contributed by atoms with Crippen molar-refractivity contribution in [1.82, 2.24) is 20.0 Å². The van der Waals surface area contributed by atoms with Gasteiger partial charge in [-0.1, -0.05) is 63.9 Å². The molecule has 0 unspecified atom stereocenters. The number of aryl methyl sites for hydroxylation is 1. The quantitative estimate of drug-likeness (QED) is 0.803. The van der Waals surface area contributed by atoms with E-state index in [1.165, 1.54) is 24.8 Å². The van der Waals surface area contributed by atoms with Crippen LogP contribution in [0.2, 0.25) is 0 Å². The van der Waals surface area contributed by atoms with Gasteiger partial charge in [-0.25, -0.2) is 0 Å². The van der Waals surface area contributed by atoms with Gasteiger partial charge in [-0.15, -0.1) is 0 Å². The molecule has 2 saturated heterocycles. The van der Waals surface area contributed by atoms with Gasteiger partial charge in [-0.3, -0.25) is 9.48 Å². The van der Waals surface area contributed by atoms with Crippen molar-refractivity contribution in [3.8, 4) is 0 Å². The number of rotatable bonds is 4. The molecule has 5 nitrogen and oxygen atoms in total. The topological polar surface area (TPSA) is 50.2 Å². The summed E-state index contributed by atoms with van der Waals surface area (Å²) in [5.74, 6) is 0.487. The van der Waals surface area contributed by atoms with Gasteiger partial charge in [0.25, 0.3) is 5.91 Å². The fourth-order valence-corrected chi connectivity index (χ4v) is 6.53. The Hall–Kier alpha value is -2.14.